The van der Waals surface area contributed by atoms with Gasteiger partial charge in [0.15, 0.2) is 0 Å². The zero-order valence-corrected chi connectivity index (χ0v) is 12.7. The highest BCUT2D eigenvalue weighted by Crippen LogP contribution is 2.15. The van der Waals surface area contributed by atoms with Gasteiger partial charge in [-0.15, -0.1) is 0 Å². The van der Waals surface area contributed by atoms with Crippen LogP contribution < -0.4 is 10.6 Å². The van der Waals surface area contributed by atoms with Crippen LogP contribution in [0.15, 0.2) is 28.7 Å². The molecular formula is C14H20BrN3O. The molecule has 0 bridgehead atoms. The number of amides is 1. The predicted molar refractivity (Wildman–Crippen MR) is 81.3 cm³/mol. The van der Waals surface area contributed by atoms with Crippen molar-refractivity contribution in [3.05, 3.63) is 28.7 Å². The minimum absolute atomic E-state index is 0.0730. The summed E-state index contributed by atoms with van der Waals surface area (Å²) in [6.07, 6.45) is 0.539. The number of carbonyl (C=O) groups excluding carboxylic acids is 1. The Kier molecular flexibility index (Phi) is 5.36. The molecule has 0 saturated carbocycles. The summed E-state index contributed by atoms with van der Waals surface area (Å²) in [6.45, 7) is 6.05. The second-order valence-corrected chi connectivity index (χ2v) is 5.81. The third-order valence-corrected chi connectivity index (χ3v) is 3.87. The SMILES string of the molecule is C[C@@H]1CNCCN1CCC(=O)Nc1cccc(Br)c1. The molecule has 1 atom stereocenters. The van der Waals surface area contributed by atoms with Gasteiger partial charge in [0.05, 0.1) is 0 Å². The Labute approximate surface area is 122 Å². The molecule has 0 aromatic heterocycles. The zero-order chi connectivity index (χ0) is 13.7. The highest BCUT2D eigenvalue weighted by molar-refractivity contribution is 9.10. The van der Waals surface area contributed by atoms with Crippen molar-refractivity contribution in [2.75, 3.05) is 31.5 Å². The van der Waals surface area contributed by atoms with Crippen LogP contribution in [0.1, 0.15) is 13.3 Å². The Morgan fingerprint density at radius 1 is 1.58 bits per heavy atom. The lowest BCUT2D eigenvalue weighted by Gasteiger charge is -2.33. The number of anilines is 1. The molecule has 4 nitrogen and oxygen atoms in total. The van der Waals surface area contributed by atoms with Crippen LogP contribution in [0.3, 0.4) is 0 Å². The molecule has 5 heteroatoms. The smallest absolute Gasteiger partial charge is 0.225 e. The van der Waals surface area contributed by atoms with Crippen LogP contribution in [0.25, 0.3) is 0 Å². The lowest BCUT2D eigenvalue weighted by atomic mass is 10.2. The number of halogens is 1. The van der Waals surface area contributed by atoms with Gasteiger partial charge in [0.2, 0.25) is 5.91 Å². The summed E-state index contributed by atoms with van der Waals surface area (Å²) < 4.78 is 0.973. The van der Waals surface area contributed by atoms with Gasteiger partial charge in [-0.2, -0.15) is 0 Å². The van der Waals surface area contributed by atoms with Crippen molar-refractivity contribution < 1.29 is 4.79 Å². The minimum atomic E-state index is 0.0730. The molecule has 2 rings (SSSR count). The number of nitrogens with one attached hydrogen (secondary N) is 2. The molecule has 1 fully saturated rings. The number of nitrogens with zero attached hydrogens (tertiary/aromatic N) is 1. The van der Waals surface area contributed by atoms with Gasteiger partial charge in [-0.3, -0.25) is 9.69 Å². The average Bonchev–Trinajstić information content (AvgIpc) is 2.38. The predicted octanol–water partition coefficient (Wildman–Crippen LogP) is 2.07. The van der Waals surface area contributed by atoms with Crippen molar-refractivity contribution >= 4 is 27.5 Å². The average molecular weight is 326 g/mol. The standard InChI is InChI=1S/C14H20BrN3O/c1-11-10-16-6-8-18(11)7-5-14(19)17-13-4-2-3-12(15)9-13/h2-4,9,11,16H,5-8,10H2,1H3,(H,17,19)/t11-/m1/s1. The Hall–Kier alpha value is -0.910. The molecule has 2 N–H and O–H groups in total. The first kappa shape index (κ1) is 14.5. The van der Waals surface area contributed by atoms with E-state index >= 15 is 0 Å². The van der Waals surface area contributed by atoms with Gasteiger partial charge in [-0.05, 0) is 25.1 Å². The van der Waals surface area contributed by atoms with E-state index < -0.39 is 0 Å². The van der Waals surface area contributed by atoms with Gasteiger partial charge in [-0.25, -0.2) is 0 Å². The molecule has 1 aromatic rings. The fourth-order valence-electron chi connectivity index (χ4n) is 2.25. The fraction of sp³-hybridized carbons (Fsp3) is 0.500. The van der Waals surface area contributed by atoms with Crippen molar-refractivity contribution in [2.24, 2.45) is 0 Å². The van der Waals surface area contributed by atoms with Gasteiger partial charge in [0, 0.05) is 48.8 Å². The van der Waals surface area contributed by atoms with Gasteiger partial charge >= 0.3 is 0 Å². The molecule has 0 radical (unpaired) electrons. The minimum Gasteiger partial charge on any atom is -0.326 e. The van der Waals surface area contributed by atoms with E-state index in [4.69, 9.17) is 0 Å². The maximum absolute atomic E-state index is 11.9. The summed E-state index contributed by atoms with van der Waals surface area (Å²) in [4.78, 5) is 14.3. The zero-order valence-electron chi connectivity index (χ0n) is 11.2. The van der Waals surface area contributed by atoms with E-state index in [1.807, 2.05) is 24.3 Å². The fourth-order valence-corrected chi connectivity index (χ4v) is 2.65. The normalized spacial score (nSPS) is 20.2. The van der Waals surface area contributed by atoms with Crippen LogP contribution in [0.2, 0.25) is 0 Å². The first-order chi connectivity index (χ1) is 9.15. The second-order valence-electron chi connectivity index (χ2n) is 4.90. The summed E-state index contributed by atoms with van der Waals surface area (Å²) in [6, 6.07) is 8.17. The van der Waals surface area contributed by atoms with Crippen LogP contribution in [-0.2, 0) is 4.79 Å². The first-order valence-corrected chi connectivity index (χ1v) is 7.44. The maximum Gasteiger partial charge on any atom is 0.225 e. The van der Waals surface area contributed by atoms with E-state index in [-0.39, 0.29) is 5.91 Å². The molecule has 1 aliphatic rings. The summed E-state index contributed by atoms with van der Waals surface area (Å²) in [5, 5.41) is 6.28. The van der Waals surface area contributed by atoms with Gasteiger partial charge in [0.25, 0.3) is 0 Å². The molecule has 1 heterocycles. The number of carbonyl (C=O) groups is 1. The van der Waals surface area contributed by atoms with Gasteiger partial charge in [0.1, 0.15) is 0 Å². The molecule has 0 aliphatic carbocycles. The Morgan fingerprint density at radius 3 is 3.16 bits per heavy atom. The number of hydrogen-bond donors (Lipinski definition) is 2. The highest BCUT2D eigenvalue weighted by Gasteiger charge is 2.18. The largest absolute Gasteiger partial charge is 0.326 e. The van der Waals surface area contributed by atoms with Crippen LogP contribution >= 0.6 is 15.9 Å². The lowest BCUT2D eigenvalue weighted by Crippen LogP contribution is -2.50. The molecule has 104 valence electrons. The maximum atomic E-state index is 11.9. The van der Waals surface area contributed by atoms with E-state index in [0.29, 0.717) is 12.5 Å². The highest BCUT2D eigenvalue weighted by atomic mass is 79.9. The molecule has 0 unspecified atom stereocenters. The Balaban J connectivity index is 1.78. The van der Waals surface area contributed by atoms with Crippen LogP contribution in [0, 0.1) is 0 Å². The number of piperazine rings is 1. The van der Waals surface area contributed by atoms with Crippen molar-refractivity contribution in [3.63, 3.8) is 0 Å². The Bertz CT molecular complexity index is 438. The summed E-state index contributed by atoms with van der Waals surface area (Å²) in [5.74, 6) is 0.0730. The van der Waals surface area contributed by atoms with Crippen LogP contribution in [-0.4, -0.2) is 43.0 Å². The van der Waals surface area contributed by atoms with E-state index in [2.05, 4.69) is 38.4 Å². The number of rotatable bonds is 4. The van der Waals surface area contributed by atoms with Gasteiger partial charge in [-0.1, -0.05) is 22.0 Å². The first-order valence-electron chi connectivity index (χ1n) is 6.65. The molecular weight excluding hydrogens is 306 g/mol. The molecule has 1 aliphatic heterocycles. The van der Waals surface area contributed by atoms with Crippen LogP contribution in [0.4, 0.5) is 5.69 Å². The molecule has 0 spiro atoms. The summed E-state index contributed by atoms with van der Waals surface area (Å²) in [7, 11) is 0. The van der Waals surface area contributed by atoms with Gasteiger partial charge < -0.3 is 10.6 Å². The monoisotopic (exact) mass is 325 g/mol. The number of benzene rings is 1. The molecule has 1 saturated heterocycles. The molecule has 1 aromatic carbocycles. The second kappa shape index (κ2) is 7.03. The topological polar surface area (TPSA) is 44.4 Å². The van der Waals surface area contributed by atoms with Crippen molar-refractivity contribution in [1.29, 1.82) is 0 Å². The van der Waals surface area contributed by atoms with E-state index in [0.717, 1.165) is 36.3 Å². The lowest BCUT2D eigenvalue weighted by molar-refractivity contribution is -0.116. The third kappa shape index (κ3) is 4.60. The summed E-state index contributed by atoms with van der Waals surface area (Å²) >= 11 is 3.40. The Morgan fingerprint density at radius 2 is 2.42 bits per heavy atom. The van der Waals surface area contributed by atoms with Crippen LogP contribution in [0.5, 0.6) is 0 Å². The summed E-state index contributed by atoms with van der Waals surface area (Å²) in [5.41, 5.74) is 0.840. The molecule has 19 heavy (non-hydrogen) atoms. The van der Waals surface area contributed by atoms with E-state index in [9.17, 15) is 4.79 Å². The third-order valence-electron chi connectivity index (χ3n) is 3.37. The van der Waals surface area contributed by atoms with Crippen molar-refractivity contribution in [2.45, 2.75) is 19.4 Å². The quantitative estimate of drug-likeness (QED) is 0.890. The van der Waals surface area contributed by atoms with E-state index in [1.54, 1.807) is 0 Å². The van der Waals surface area contributed by atoms with Crippen molar-refractivity contribution in [3.8, 4) is 0 Å². The van der Waals surface area contributed by atoms with E-state index in [1.165, 1.54) is 0 Å². The van der Waals surface area contributed by atoms with Crippen molar-refractivity contribution in [1.82, 2.24) is 10.2 Å². The number of hydrogen-bond acceptors (Lipinski definition) is 3. The molecule has 1 amide bonds.